The molecule has 5 heteroatoms. The molecule has 2 heterocycles. The van der Waals surface area contributed by atoms with Crippen molar-refractivity contribution in [3.05, 3.63) is 68.5 Å². The largest absolute Gasteiger partial charge is 0.319 e. The number of aromatic nitrogens is 2. The van der Waals surface area contributed by atoms with E-state index in [2.05, 4.69) is 0 Å². The fourth-order valence-corrected chi connectivity index (χ4v) is 1.55. The third kappa shape index (κ3) is 2.15. The molecule has 0 fully saturated rings. The minimum Gasteiger partial charge on any atom is -0.319 e. The molecule has 0 saturated carbocycles. The Morgan fingerprint density at radius 3 is 1.61 bits per heavy atom. The topological polar surface area (TPSA) is 61.1 Å². The fraction of sp³-hybridized carbons (Fsp3) is 0.154. The third-order valence-corrected chi connectivity index (χ3v) is 2.73. The van der Waals surface area contributed by atoms with E-state index in [-0.39, 0.29) is 28.0 Å². The first-order valence-corrected chi connectivity index (χ1v) is 5.37. The van der Waals surface area contributed by atoms with Crippen molar-refractivity contribution in [3.63, 3.8) is 0 Å². The van der Waals surface area contributed by atoms with Crippen molar-refractivity contribution in [3.8, 4) is 0 Å². The van der Waals surface area contributed by atoms with Crippen LogP contribution in [-0.4, -0.2) is 14.9 Å². The highest BCUT2D eigenvalue weighted by Crippen LogP contribution is 2.05. The number of carbonyl (C=O) groups excluding carboxylic acids is 1. The third-order valence-electron chi connectivity index (χ3n) is 2.73. The van der Waals surface area contributed by atoms with Gasteiger partial charge in [-0.1, -0.05) is 0 Å². The molecule has 0 radical (unpaired) electrons. The fourth-order valence-electron chi connectivity index (χ4n) is 1.55. The highest BCUT2D eigenvalue weighted by Gasteiger charge is 2.10. The second-order valence-corrected chi connectivity index (χ2v) is 4.06. The zero-order valence-electron chi connectivity index (χ0n) is 10.1. The Hall–Kier alpha value is -2.43. The maximum Gasteiger partial charge on any atom is 0.250 e. The molecule has 0 spiro atoms. The van der Waals surface area contributed by atoms with Crippen LogP contribution in [0.15, 0.2) is 46.2 Å². The molecule has 0 amide bonds. The molecule has 0 saturated heterocycles. The predicted octanol–water partition coefficient (Wildman–Crippen LogP) is 0.315. The summed E-state index contributed by atoms with van der Waals surface area (Å²) in [5.74, 6) is -0.328. The quantitative estimate of drug-likeness (QED) is 0.714. The number of ketones is 1. The van der Waals surface area contributed by atoms with Gasteiger partial charge in [-0.05, 0) is 12.1 Å². The lowest BCUT2D eigenvalue weighted by atomic mass is 10.1. The van der Waals surface area contributed by atoms with Crippen LogP contribution in [0.25, 0.3) is 0 Å². The van der Waals surface area contributed by atoms with Crippen LogP contribution in [0.5, 0.6) is 0 Å². The van der Waals surface area contributed by atoms with Gasteiger partial charge in [0.2, 0.25) is 0 Å². The van der Waals surface area contributed by atoms with Crippen LogP contribution in [-0.2, 0) is 14.1 Å². The van der Waals surface area contributed by atoms with Crippen molar-refractivity contribution >= 4 is 5.78 Å². The van der Waals surface area contributed by atoms with Crippen LogP contribution in [0.4, 0.5) is 0 Å². The average molecular weight is 244 g/mol. The van der Waals surface area contributed by atoms with Crippen LogP contribution in [0, 0.1) is 0 Å². The molecule has 0 aliphatic carbocycles. The van der Waals surface area contributed by atoms with E-state index in [1.165, 1.54) is 33.7 Å². The van der Waals surface area contributed by atoms with Gasteiger partial charge in [0.15, 0.2) is 5.78 Å². The van der Waals surface area contributed by atoms with Gasteiger partial charge in [-0.2, -0.15) is 0 Å². The van der Waals surface area contributed by atoms with Gasteiger partial charge >= 0.3 is 0 Å². The molecule has 0 N–H and O–H groups in total. The number of hydrogen-bond donors (Lipinski definition) is 0. The molecule has 0 bridgehead atoms. The van der Waals surface area contributed by atoms with Crippen molar-refractivity contribution in [1.29, 1.82) is 0 Å². The van der Waals surface area contributed by atoms with E-state index in [0.29, 0.717) is 0 Å². The number of rotatable bonds is 2. The minimum atomic E-state index is -0.328. The van der Waals surface area contributed by atoms with Gasteiger partial charge in [-0.3, -0.25) is 14.4 Å². The molecule has 0 unspecified atom stereocenters. The van der Waals surface area contributed by atoms with Crippen LogP contribution < -0.4 is 11.1 Å². The Morgan fingerprint density at radius 2 is 1.28 bits per heavy atom. The number of carbonyl (C=O) groups is 1. The Bertz CT molecular complexity index is 664. The molecule has 18 heavy (non-hydrogen) atoms. The monoisotopic (exact) mass is 244 g/mol. The lowest BCUT2D eigenvalue weighted by molar-refractivity contribution is 0.103. The molecule has 0 aromatic carbocycles. The van der Waals surface area contributed by atoms with Gasteiger partial charge in [0.05, 0.1) is 0 Å². The molecule has 5 nitrogen and oxygen atoms in total. The lowest BCUT2D eigenvalue weighted by Gasteiger charge is -2.03. The summed E-state index contributed by atoms with van der Waals surface area (Å²) in [4.78, 5) is 35.0. The van der Waals surface area contributed by atoms with E-state index >= 15 is 0 Å². The van der Waals surface area contributed by atoms with Gasteiger partial charge in [-0.15, -0.1) is 0 Å². The lowest BCUT2D eigenvalue weighted by Crippen LogP contribution is -2.19. The summed E-state index contributed by atoms with van der Waals surface area (Å²) in [6.45, 7) is 0. The number of hydrogen-bond acceptors (Lipinski definition) is 3. The first-order chi connectivity index (χ1) is 8.49. The highest BCUT2D eigenvalue weighted by molar-refractivity contribution is 6.08. The highest BCUT2D eigenvalue weighted by atomic mass is 16.1. The summed E-state index contributed by atoms with van der Waals surface area (Å²) in [6, 6.07) is 5.64. The predicted molar refractivity (Wildman–Crippen MR) is 66.8 cm³/mol. The molecular formula is C13H12N2O3. The Kier molecular flexibility index (Phi) is 2.97. The molecule has 2 rings (SSSR count). The van der Waals surface area contributed by atoms with Crippen molar-refractivity contribution in [1.82, 2.24) is 9.13 Å². The number of aryl methyl sites for hydroxylation is 2. The van der Waals surface area contributed by atoms with Gasteiger partial charge in [0.1, 0.15) is 0 Å². The maximum absolute atomic E-state index is 12.1. The molecule has 2 aromatic rings. The molecule has 0 aliphatic heterocycles. The SMILES string of the molecule is Cn1ccc(C(=O)c2ccn(C)c(=O)c2)cc1=O. The van der Waals surface area contributed by atoms with Crippen LogP contribution in [0.2, 0.25) is 0 Å². The molecule has 0 aliphatic rings. The summed E-state index contributed by atoms with van der Waals surface area (Å²) in [5.41, 5.74) is 0.0482. The van der Waals surface area contributed by atoms with Crippen molar-refractivity contribution in [2.75, 3.05) is 0 Å². The number of nitrogens with zero attached hydrogens (tertiary/aromatic N) is 2. The summed E-state index contributed by atoms with van der Waals surface area (Å²) < 4.78 is 2.75. The average Bonchev–Trinajstić information content (AvgIpc) is 2.35. The number of pyridine rings is 2. The zero-order valence-corrected chi connectivity index (χ0v) is 10.1. The van der Waals surface area contributed by atoms with E-state index in [0.717, 1.165) is 0 Å². The van der Waals surface area contributed by atoms with E-state index in [1.807, 2.05) is 0 Å². The van der Waals surface area contributed by atoms with Crippen LogP contribution in [0.3, 0.4) is 0 Å². The summed E-state index contributed by atoms with van der Waals surface area (Å²) in [7, 11) is 3.21. The van der Waals surface area contributed by atoms with Gasteiger partial charge < -0.3 is 9.13 Å². The second kappa shape index (κ2) is 4.44. The van der Waals surface area contributed by atoms with Crippen molar-refractivity contribution < 1.29 is 4.79 Å². The zero-order chi connectivity index (χ0) is 13.3. The Morgan fingerprint density at radius 1 is 0.889 bits per heavy atom. The van der Waals surface area contributed by atoms with Crippen LogP contribution >= 0.6 is 0 Å². The normalized spacial score (nSPS) is 10.3. The van der Waals surface area contributed by atoms with E-state index in [1.54, 1.807) is 26.2 Å². The van der Waals surface area contributed by atoms with Crippen molar-refractivity contribution in [2.24, 2.45) is 14.1 Å². The van der Waals surface area contributed by atoms with Crippen molar-refractivity contribution in [2.45, 2.75) is 0 Å². The smallest absolute Gasteiger partial charge is 0.250 e. The molecule has 92 valence electrons. The molecular weight excluding hydrogens is 232 g/mol. The first kappa shape index (κ1) is 12.0. The molecule has 0 atom stereocenters. The summed E-state index contributed by atoms with van der Waals surface area (Å²) >= 11 is 0. The van der Waals surface area contributed by atoms with Gasteiger partial charge in [0, 0.05) is 49.7 Å². The van der Waals surface area contributed by atoms with Gasteiger partial charge in [0.25, 0.3) is 11.1 Å². The summed E-state index contributed by atoms with van der Waals surface area (Å²) in [5, 5.41) is 0. The first-order valence-electron chi connectivity index (χ1n) is 5.37. The second-order valence-electron chi connectivity index (χ2n) is 4.06. The van der Waals surface area contributed by atoms with Crippen LogP contribution in [0.1, 0.15) is 15.9 Å². The summed E-state index contributed by atoms with van der Waals surface area (Å²) in [6.07, 6.45) is 3.05. The van der Waals surface area contributed by atoms with Gasteiger partial charge in [-0.25, -0.2) is 0 Å². The minimum absolute atomic E-state index is 0.260. The van der Waals surface area contributed by atoms with E-state index in [4.69, 9.17) is 0 Å². The van der Waals surface area contributed by atoms with E-state index < -0.39 is 0 Å². The maximum atomic E-state index is 12.1. The Balaban J connectivity index is 2.47. The van der Waals surface area contributed by atoms with E-state index in [9.17, 15) is 14.4 Å². The standard InChI is InChI=1S/C13H12N2O3/c1-14-5-3-9(7-11(14)16)13(18)10-4-6-15(2)12(17)8-10/h3-8H,1-2H3. The Labute approximate surface area is 103 Å². The molecule has 2 aromatic heterocycles.